The van der Waals surface area contributed by atoms with E-state index in [0.717, 1.165) is 0 Å². The first-order valence-corrected chi connectivity index (χ1v) is 13.7. The predicted molar refractivity (Wildman–Crippen MR) is 144 cm³/mol. The number of ether oxygens (including phenoxy) is 7. The van der Waals surface area contributed by atoms with Gasteiger partial charge in [-0.25, -0.2) is 4.79 Å². The summed E-state index contributed by atoms with van der Waals surface area (Å²) in [7, 11) is 0. The summed E-state index contributed by atoms with van der Waals surface area (Å²) in [5.41, 5.74) is -0.690. The quantitative estimate of drug-likeness (QED) is 0.187. The van der Waals surface area contributed by atoms with E-state index >= 15 is 0 Å². The van der Waals surface area contributed by atoms with Gasteiger partial charge in [0.1, 0.15) is 45.2 Å². The molecule has 0 saturated carbocycles. The molecule has 0 aliphatic rings. The van der Waals surface area contributed by atoms with Crippen molar-refractivity contribution in [2.24, 2.45) is 29.1 Å². The summed E-state index contributed by atoms with van der Waals surface area (Å²) in [6.07, 6.45) is -2.44. The summed E-state index contributed by atoms with van der Waals surface area (Å²) in [5, 5.41) is 8.85. The fourth-order valence-corrected chi connectivity index (χ4v) is 2.48. The van der Waals surface area contributed by atoms with Crippen LogP contribution in [0.15, 0.2) is 0 Å². The third kappa shape index (κ3) is 16.1. The lowest BCUT2D eigenvalue weighted by molar-refractivity contribution is -0.168. The minimum Gasteiger partial charge on any atom is -0.464 e. The molecule has 0 aromatic carbocycles. The molecule has 0 spiro atoms. The van der Waals surface area contributed by atoms with E-state index in [-0.39, 0.29) is 39.6 Å². The van der Waals surface area contributed by atoms with Gasteiger partial charge in [0.15, 0.2) is 0 Å². The Hall–Kier alpha value is -3.42. The Labute approximate surface area is 246 Å². The summed E-state index contributed by atoms with van der Waals surface area (Å²) >= 11 is 0. The van der Waals surface area contributed by atoms with E-state index < -0.39 is 77.3 Å². The summed E-state index contributed by atoms with van der Waals surface area (Å²) in [5.74, 6) is -6.51. The molecule has 0 amide bonds. The number of aliphatic hydroxyl groups excluding tert-OH is 1. The topological polar surface area (TPSA) is 187 Å². The lowest BCUT2D eigenvalue weighted by Crippen LogP contribution is -2.31. The van der Waals surface area contributed by atoms with Crippen molar-refractivity contribution >= 4 is 36.0 Å². The van der Waals surface area contributed by atoms with Crippen molar-refractivity contribution in [1.82, 2.24) is 0 Å². The number of aliphatic hydroxyl groups is 1. The van der Waals surface area contributed by atoms with E-state index in [1.165, 1.54) is 34.6 Å². The van der Waals surface area contributed by atoms with Crippen molar-refractivity contribution in [2.75, 3.05) is 39.6 Å². The van der Waals surface area contributed by atoms with Gasteiger partial charge in [-0.05, 0) is 62.3 Å². The van der Waals surface area contributed by atoms with Crippen molar-refractivity contribution in [3.63, 3.8) is 0 Å². The second kappa shape index (κ2) is 18.9. The molecule has 0 aliphatic heterocycles. The van der Waals surface area contributed by atoms with Gasteiger partial charge in [0.05, 0.1) is 35.7 Å². The Morgan fingerprint density at radius 3 is 1.19 bits per heavy atom. The molecule has 0 saturated heterocycles. The van der Waals surface area contributed by atoms with Gasteiger partial charge in [-0.1, -0.05) is 0 Å². The maximum Gasteiger partial charge on any atom is 0.508 e. The van der Waals surface area contributed by atoms with Crippen LogP contribution in [0.2, 0.25) is 0 Å². The van der Waals surface area contributed by atoms with Crippen LogP contribution in [0.4, 0.5) is 4.79 Å². The average molecular weight is 607 g/mol. The maximum atomic E-state index is 12.3. The standard InChI is InChI=1S/C28H46O14/c1-16(23(31)37-13-18(3)25(33)39-15-21(6)41-26(34)28(7,8)9)11-36-22(30)17(2)12-38-24(32)19(4)14-40-27(35)42-20(5)10-29/h16-21,29H,10-15H2,1-9H3. The average Bonchev–Trinajstić information content (AvgIpc) is 2.93. The van der Waals surface area contributed by atoms with Gasteiger partial charge in [-0.3, -0.25) is 24.0 Å². The number of rotatable bonds is 17. The second-order valence-corrected chi connectivity index (χ2v) is 11.3. The zero-order valence-corrected chi connectivity index (χ0v) is 26.0. The van der Waals surface area contributed by atoms with E-state index in [2.05, 4.69) is 0 Å². The van der Waals surface area contributed by atoms with E-state index in [4.69, 9.17) is 38.3 Å². The fraction of sp³-hybridized carbons (Fsp3) is 0.786. The molecule has 1 N–H and O–H groups in total. The van der Waals surface area contributed by atoms with Crippen molar-refractivity contribution in [3.8, 4) is 0 Å². The monoisotopic (exact) mass is 606 g/mol. The van der Waals surface area contributed by atoms with Crippen LogP contribution in [0.1, 0.15) is 62.3 Å². The summed E-state index contributed by atoms with van der Waals surface area (Å²) in [6, 6.07) is 0. The molecule has 0 bridgehead atoms. The molecule has 0 heterocycles. The van der Waals surface area contributed by atoms with Crippen LogP contribution in [0, 0.1) is 29.1 Å². The molecule has 242 valence electrons. The maximum absolute atomic E-state index is 12.3. The molecule has 6 atom stereocenters. The van der Waals surface area contributed by atoms with Crippen LogP contribution >= 0.6 is 0 Å². The third-order valence-electron chi connectivity index (χ3n) is 5.42. The van der Waals surface area contributed by atoms with Crippen LogP contribution in [0.3, 0.4) is 0 Å². The van der Waals surface area contributed by atoms with Crippen molar-refractivity contribution < 1.29 is 67.0 Å². The molecular weight excluding hydrogens is 560 g/mol. The van der Waals surface area contributed by atoms with E-state index in [9.17, 15) is 28.8 Å². The Morgan fingerprint density at radius 1 is 0.524 bits per heavy atom. The van der Waals surface area contributed by atoms with Gasteiger partial charge in [0.2, 0.25) is 0 Å². The van der Waals surface area contributed by atoms with Gasteiger partial charge in [0.25, 0.3) is 0 Å². The highest BCUT2D eigenvalue weighted by atomic mass is 16.7. The zero-order chi connectivity index (χ0) is 32.6. The molecule has 14 heteroatoms. The number of hydrogen-bond donors (Lipinski definition) is 1. The fourth-order valence-electron chi connectivity index (χ4n) is 2.48. The minimum absolute atomic E-state index is 0.148. The Balaban J connectivity index is 4.34. The molecule has 14 nitrogen and oxygen atoms in total. The molecule has 0 rings (SSSR count). The van der Waals surface area contributed by atoms with E-state index in [1.807, 2.05) is 0 Å². The van der Waals surface area contributed by atoms with Gasteiger partial charge >= 0.3 is 36.0 Å². The SMILES string of the molecule is CC(CO)OC(=O)OCC(C)C(=O)OCC(C)C(=O)OCC(C)C(=O)OCC(C)C(=O)OCC(C)OC(=O)C(C)(C)C. The van der Waals surface area contributed by atoms with Gasteiger partial charge in [-0.2, -0.15) is 0 Å². The number of carbonyl (C=O) groups excluding carboxylic acids is 6. The minimum atomic E-state index is -1.04. The molecule has 0 radical (unpaired) electrons. The molecule has 6 unspecified atom stereocenters. The van der Waals surface area contributed by atoms with Crippen molar-refractivity contribution in [2.45, 2.75) is 74.5 Å². The van der Waals surface area contributed by atoms with E-state index in [1.54, 1.807) is 27.7 Å². The van der Waals surface area contributed by atoms with Crippen molar-refractivity contribution in [1.29, 1.82) is 0 Å². The molecular formula is C28H46O14. The third-order valence-corrected chi connectivity index (χ3v) is 5.42. The summed E-state index contributed by atoms with van der Waals surface area (Å²) in [4.78, 5) is 72.1. The highest BCUT2D eigenvalue weighted by Gasteiger charge is 2.27. The highest BCUT2D eigenvalue weighted by molar-refractivity contribution is 5.77. The van der Waals surface area contributed by atoms with Crippen LogP contribution in [-0.2, 0) is 57.1 Å². The molecule has 0 aliphatic carbocycles. The van der Waals surface area contributed by atoms with Crippen LogP contribution in [-0.4, -0.2) is 93.0 Å². The Morgan fingerprint density at radius 2 is 0.857 bits per heavy atom. The normalized spacial score (nSPS) is 15.5. The largest absolute Gasteiger partial charge is 0.508 e. The Kier molecular flexibility index (Phi) is 17.4. The zero-order valence-electron chi connectivity index (χ0n) is 26.0. The molecule has 0 aromatic heterocycles. The molecule has 0 aromatic rings. The summed E-state index contributed by atoms with van der Waals surface area (Å²) in [6.45, 7) is 12.3. The first-order valence-electron chi connectivity index (χ1n) is 13.7. The second-order valence-electron chi connectivity index (χ2n) is 11.3. The van der Waals surface area contributed by atoms with Crippen LogP contribution in [0.25, 0.3) is 0 Å². The van der Waals surface area contributed by atoms with E-state index in [0.29, 0.717) is 0 Å². The number of carbonyl (C=O) groups is 6. The van der Waals surface area contributed by atoms with Crippen LogP contribution in [0.5, 0.6) is 0 Å². The van der Waals surface area contributed by atoms with Gasteiger partial charge < -0.3 is 38.3 Å². The summed E-state index contributed by atoms with van der Waals surface area (Å²) < 4.78 is 35.1. The predicted octanol–water partition coefficient (Wildman–Crippen LogP) is 2.22. The number of hydrogen-bond acceptors (Lipinski definition) is 14. The first kappa shape index (κ1) is 38.6. The lowest BCUT2D eigenvalue weighted by Gasteiger charge is -2.21. The van der Waals surface area contributed by atoms with Gasteiger partial charge in [0, 0.05) is 0 Å². The van der Waals surface area contributed by atoms with Crippen molar-refractivity contribution in [3.05, 3.63) is 0 Å². The number of esters is 5. The first-order chi connectivity index (χ1) is 19.4. The molecule has 0 fully saturated rings. The highest BCUT2D eigenvalue weighted by Crippen LogP contribution is 2.16. The lowest BCUT2D eigenvalue weighted by atomic mass is 9.97. The van der Waals surface area contributed by atoms with Gasteiger partial charge in [-0.15, -0.1) is 0 Å². The van der Waals surface area contributed by atoms with Crippen LogP contribution < -0.4 is 0 Å². The molecule has 42 heavy (non-hydrogen) atoms. The smallest absolute Gasteiger partial charge is 0.464 e. The Bertz CT molecular complexity index is 909.